The Balaban J connectivity index is 1.77. The molecule has 0 radical (unpaired) electrons. The number of likely N-dealkylation sites (N-methyl/N-ethyl adjacent to an activating group) is 1. The van der Waals surface area contributed by atoms with E-state index in [9.17, 15) is 9.18 Å². The zero-order chi connectivity index (χ0) is 22.2. The molecule has 0 aliphatic carbocycles. The van der Waals surface area contributed by atoms with E-state index in [2.05, 4.69) is 15.3 Å². The van der Waals surface area contributed by atoms with Gasteiger partial charge < -0.3 is 20.3 Å². The van der Waals surface area contributed by atoms with Gasteiger partial charge in [0.1, 0.15) is 24.4 Å². The fourth-order valence-electron chi connectivity index (χ4n) is 4.41. The van der Waals surface area contributed by atoms with Crippen molar-refractivity contribution in [1.82, 2.24) is 9.97 Å². The van der Waals surface area contributed by atoms with Crippen LogP contribution in [0.2, 0.25) is 5.02 Å². The van der Waals surface area contributed by atoms with Gasteiger partial charge in [-0.3, -0.25) is 4.79 Å². The minimum Gasteiger partial charge on any atom is -0.496 e. The molecule has 4 rings (SSSR count). The van der Waals surface area contributed by atoms with Gasteiger partial charge in [-0.1, -0.05) is 17.7 Å². The summed E-state index contributed by atoms with van der Waals surface area (Å²) in [6.07, 6.45) is 3.11. The number of quaternary nitrogens is 1. The molecule has 3 N–H and O–H groups in total. The van der Waals surface area contributed by atoms with Crippen molar-refractivity contribution in [2.45, 2.75) is 25.4 Å². The summed E-state index contributed by atoms with van der Waals surface area (Å²) in [6, 6.07) is 8.25. The van der Waals surface area contributed by atoms with Crippen LogP contribution in [0.25, 0.3) is 10.9 Å². The zero-order valence-corrected chi connectivity index (χ0v) is 18.1. The van der Waals surface area contributed by atoms with Crippen LogP contribution >= 0.6 is 11.6 Å². The Bertz CT molecular complexity index is 1160. The van der Waals surface area contributed by atoms with Crippen LogP contribution < -0.4 is 15.8 Å². The number of halogens is 2. The van der Waals surface area contributed by atoms with E-state index in [1.165, 1.54) is 12.4 Å². The second-order valence-corrected chi connectivity index (χ2v) is 8.46. The third-order valence-corrected chi connectivity index (χ3v) is 6.29. The largest absolute Gasteiger partial charge is 0.496 e. The number of primary amides is 1. The molecule has 7 nitrogen and oxygen atoms in total. The Morgan fingerprint density at radius 2 is 2.19 bits per heavy atom. The van der Waals surface area contributed by atoms with E-state index in [-0.39, 0.29) is 22.7 Å². The van der Waals surface area contributed by atoms with E-state index in [1.807, 2.05) is 19.2 Å². The number of carbonyl (C=O) groups excluding carboxylic acids is 1. The quantitative estimate of drug-likeness (QED) is 0.565. The van der Waals surface area contributed by atoms with Gasteiger partial charge in [0.05, 0.1) is 36.9 Å². The summed E-state index contributed by atoms with van der Waals surface area (Å²) in [7, 11) is 3.63. The summed E-state index contributed by atoms with van der Waals surface area (Å²) in [4.78, 5) is 20.6. The first kappa shape index (κ1) is 21.3. The van der Waals surface area contributed by atoms with Crippen LogP contribution in [-0.4, -0.2) is 47.1 Å². The topological polar surface area (TPSA) is 90.1 Å². The van der Waals surface area contributed by atoms with Gasteiger partial charge in [-0.05, 0) is 18.2 Å². The van der Waals surface area contributed by atoms with Gasteiger partial charge in [0, 0.05) is 29.9 Å². The number of ether oxygens (including phenoxy) is 1. The molecule has 162 valence electrons. The average molecular weight is 445 g/mol. The lowest BCUT2D eigenvalue weighted by molar-refractivity contribution is -0.925. The van der Waals surface area contributed by atoms with E-state index in [0.29, 0.717) is 33.5 Å². The summed E-state index contributed by atoms with van der Waals surface area (Å²) in [5, 5.41) is 3.75. The van der Waals surface area contributed by atoms with Crippen LogP contribution in [0.4, 0.5) is 15.9 Å². The number of anilines is 2. The number of rotatable bonds is 6. The zero-order valence-electron chi connectivity index (χ0n) is 17.4. The van der Waals surface area contributed by atoms with E-state index in [4.69, 9.17) is 22.1 Å². The minimum atomic E-state index is -0.552. The van der Waals surface area contributed by atoms with Gasteiger partial charge in [-0.2, -0.15) is 0 Å². The van der Waals surface area contributed by atoms with Gasteiger partial charge in [0.25, 0.3) is 5.91 Å². The van der Waals surface area contributed by atoms with Gasteiger partial charge in [-0.15, -0.1) is 0 Å². The maximum Gasteiger partial charge on any atom is 0.275 e. The molecule has 0 spiro atoms. The molecule has 0 saturated carbocycles. The molecule has 2 aromatic carbocycles. The van der Waals surface area contributed by atoms with Crippen LogP contribution in [0.3, 0.4) is 0 Å². The van der Waals surface area contributed by atoms with Gasteiger partial charge >= 0.3 is 0 Å². The minimum absolute atomic E-state index is 0.0228. The molecule has 9 heteroatoms. The van der Waals surface area contributed by atoms with Crippen molar-refractivity contribution < 1.29 is 18.4 Å². The molecule has 2 heterocycles. The second-order valence-electron chi connectivity index (χ2n) is 8.05. The first-order chi connectivity index (χ1) is 14.8. The summed E-state index contributed by atoms with van der Waals surface area (Å²) in [5.41, 5.74) is 7.43. The number of nitrogens with zero attached hydrogens (tertiary/aromatic N) is 3. The number of aromatic nitrogens is 2. The SMILES string of the molecule is COc1cc2ncnc(Nc3cccc(Cl)c3F)c2cc1C[N+]1(C)CCC[C@@H]1C(N)=O. The molecule has 31 heavy (non-hydrogen) atoms. The fraction of sp³-hybridized carbons (Fsp3) is 0.318. The molecule has 3 aromatic rings. The van der Waals surface area contributed by atoms with Gasteiger partial charge in [0.2, 0.25) is 0 Å². The lowest BCUT2D eigenvalue weighted by Gasteiger charge is -2.35. The number of methoxy groups -OCH3 is 1. The number of benzene rings is 2. The molecule has 1 aliphatic heterocycles. The van der Waals surface area contributed by atoms with Crippen molar-refractivity contribution in [3.8, 4) is 5.75 Å². The normalized spacial score (nSPS) is 20.7. The predicted octanol–water partition coefficient (Wildman–Crippen LogP) is 3.77. The highest BCUT2D eigenvalue weighted by atomic mass is 35.5. The fourth-order valence-corrected chi connectivity index (χ4v) is 4.59. The van der Waals surface area contributed by atoms with Crippen molar-refractivity contribution in [3.63, 3.8) is 0 Å². The third kappa shape index (κ3) is 4.00. The molecule has 1 aromatic heterocycles. The highest BCUT2D eigenvalue weighted by Gasteiger charge is 2.42. The van der Waals surface area contributed by atoms with E-state index < -0.39 is 5.82 Å². The highest BCUT2D eigenvalue weighted by Crippen LogP contribution is 2.35. The number of carbonyl (C=O) groups is 1. The number of fused-ring (bicyclic) bond motifs is 1. The Kier molecular flexibility index (Phi) is 5.68. The highest BCUT2D eigenvalue weighted by molar-refractivity contribution is 6.31. The molecule has 1 unspecified atom stereocenters. The molecule has 1 fully saturated rings. The number of hydrogen-bond acceptors (Lipinski definition) is 5. The number of nitrogens with two attached hydrogens (primary N) is 1. The number of likely N-dealkylation sites (tertiary alicyclic amines) is 1. The molecular formula is C22H24ClFN5O2+. The second kappa shape index (κ2) is 8.28. The first-order valence-electron chi connectivity index (χ1n) is 9.98. The third-order valence-electron chi connectivity index (χ3n) is 6.00. The van der Waals surface area contributed by atoms with Crippen LogP contribution in [0.5, 0.6) is 5.75 Å². The Labute approximate surface area is 184 Å². The molecule has 0 bridgehead atoms. The predicted molar refractivity (Wildman–Crippen MR) is 118 cm³/mol. The Hall–Kier alpha value is -2.97. The van der Waals surface area contributed by atoms with Crippen LogP contribution in [-0.2, 0) is 11.3 Å². The van der Waals surface area contributed by atoms with Gasteiger partial charge in [0.15, 0.2) is 11.9 Å². The summed E-state index contributed by atoms with van der Waals surface area (Å²) in [5.74, 6) is 0.275. The monoisotopic (exact) mass is 444 g/mol. The molecular weight excluding hydrogens is 421 g/mol. The lowest BCUT2D eigenvalue weighted by atomic mass is 10.1. The van der Waals surface area contributed by atoms with Crippen LogP contribution in [0.1, 0.15) is 18.4 Å². The van der Waals surface area contributed by atoms with E-state index >= 15 is 0 Å². The molecule has 1 saturated heterocycles. The lowest BCUT2D eigenvalue weighted by Crippen LogP contribution is -2.53. The van der Waals surface area contributed by atoms with Crippen molar-refractivity contribution in [3.05, 3.63) is 53.1 Å². The van der Waals surface area contributed by atoms with E-state index in [1.54, 1.807) is 19.2 Å². The summed E-state index contributed by atoms with van der Waals surface area (Å²) >= 11 is 5.91. The van der Waals surface area contributed by atoms with Crippen molar-refractivity contribution >= 4 is 39.9 Å². The summed E-state index contributed by atoms with van der Waals surface area (Å²) in [6.45, 7) is 1.41. The number of nitrogens with one attached hydrogen (secondary N) is 1. The first-order valence-corrected chi connectivity index (χ1v) is 10.4. The van der Waals surface area contributed by atoms with Crippen molar-refractivity contribution in [1.29, 1.82) is 0 Å². The summed E-state index contributed by atoms with van der Waals surface area (Å²) < 4.78 is 20.5. The number of amides is 1. The van der Waals surface area contributed by atoms with Gasteiger partial charge in [-0.25, -0.2) is 14.4 Å². The number of hydrogen-bond donors (Lipinski definition) is 2. The Morgan fingerprint density at radius 3 is 2.94 bits per heavy atom. The van der Waals surface area contributed by atoms with Crippen molar-refractivity contribution in [2.24, 2.45) is 5.73 Å². The Morgan fingerprint density at radius 1 is 1.39 bits per heavy atom. The molecule has 2 atom stereocenters. The standard InChI is InChI=1S/C22H23ClFN5O2/c1-29(8-4-7-18(29)21(25)30)11-13-9-14-17(10-19(13)31-2)26-12-27-22(14)28-16-6-3-5-15(23)20(16)24/h3,5-6,9-10,12,18H,4,7-8,11H2,1-2H3,(H2-,25,26,27,28,30)/p+1/t18-,29?/m1/s1. The van der Waals surface area contributed by atoms with Crippen LogP contribution in [0, 0.1) is 5.82 Å². The smallest absolute Gasteiger partial charge is 0.275 e. The maximum atomic E-state index is 14.4. The average Bonchev–Trinajstić information content (AvgIpc) is 3.12. The van der Waals surface area contributed by atoms with Crippen molar-refractivity contribution in [2.75, 3.05) is 26.0 Å². The molecule has 1 aliphatic rings. The molecule has 1 amide bonds. The van der Waals surface area contributed by atoms with E-state index in [0.717, 1.165) is 24.9 Å². The maximum absolute atomic E-state index is 14.4. The van der Waals surface area contributed by atoms with Crippen LogP contribution in [0.15, 0.2) is 36.7 Å².